The van der Waals surface area contributed by atoms with Crippen molar-refractivity contribution in [2.45, 2.75) is 72.1 Å². The third-order valence-electron chi connectivity index (χ3n) is 4.36. The second-order valence-electron chi connectivity index (χ2n) is 7.82. The summed E-state index contributed by atoms with van der Waals surface area (Å²) in [6.45, 7) is 13.6. The van der Waals surface area contributed by atoms with Crippen molar-refractivity contribution in [3.05, 3.63) is 28.7 Å². The van der Waals surface area contributed by atoms with Crippen molar-refractivity contribution in [1.29, 1.82) is 0 Å². The highest BCUT2D eigenvalue weighted by molar-refractivity contribution is 8.14. The Kier molecular flexibility index (Phi) is 7.24. The van der Waals surface area contributed by atoms with Crippen molar-refractivity contribution < 1.29 is 4.74 Å². The van der Waals surface area contributed by atoms with E-state index in [2.05, 4.69) is 44.7 Å². The molecule has 1 aliphatic heterocycles. The molecule has 1 aliphatic rings. The Morgan fingerprint density at radius 2 is 2.12 bits per heavy atom. The number of amidine groups is 1. The standard InChI is InChI=1S/C20H31N3O2S/c1-7-8-11-23-18(15(3)25-20(4,5)6)13-26-19(23)21-17-10-9-16(22-24)12-14(17)2/h9-10,12,15,18H,7-8,11,13H2,1-6H3/t15-,18-/m1/s1. The fourth-order valence-corrected chi connectivity index (χ4v) is 4.44. The largest absolute Gasteiger partial charge is 0.371 e. The predicted molar refractivity (Wildman–Crippen MR) is 112 cm³/mol. The highest BCUT2D eigenvalue weighted by Gasteiger charge is 2.35. The number of unbranched alkanes of at least 4 members (excludes halogenated alkanes) is 1. The van der Waals surface area contributed by atoms with Crippen LogP contribution in [-0.2, 0) is 4.74 Å². The molecule has 1 saturated heterocycles. The van der Waals surface area contributed by atoms with Gasteiger partial charge in [0, 0.05) is 12.3 Å². The fraction of sp³-hybridized carbons (Fsp3) is 0.650. The summed E-state index contributed by atoms with van der Waals surface area (Å²) in [6, 6.07) is 5.70. The van der Waals surface area contributed by atoms with E-state index in [-0.39, 0.29) is 11.7 Å². The van der Waals surface area contributed by atoms with E-state index >= 15 is 0 Å². The lowest BCUT2D eigenvalue weighted by Crippen LogP contribution is -2.45. The van der Waals surface area contributed by atoms with Gasteiger partial charge in [-0.1, -0.05) is 25.1 Å². The minimum Gasteiger partial charge on any atom is -0.371 e. The summed E-state index contributed by atoms with van der Waals surface area (Å²) in [5.41, 5.74) is 2.15. The van der Waals surface area contributed by atoms with E-state index in [1.165, 1.54) is 0 Å². The second-order valence-corrected chi connectivity index (χ2v) is 8.80. The predicted octanol–water partition coefficient (Wildman–Crippen LogP) is 5.80. The number of aliphatic imine (C=N–C) groups is 1. The smallest absolute Gasteiger partial charge is 0.164 e. The Morgan fingerprint density at radius 1 is 1.38 bits per heavy atom. The van der Waals surface area contributed by atoms with E-state index in [0.29, 0.717) is 11.7 Å². The minimum absolute atomic E-state index is 0.134. The third kappa shape index (κ3) is 5.55. The van der Waals surface area contributed by atoms with Crippen LogP contribution in [-0.4, -0.2) is 40.1 Å². The van der Waals surface area contributed by atoms with E-state index < -0.39 is 0 Å². The zero-order chi connectivity index (χ0) is 19.3. The molecule has 0 saturated carbocycles. The third-order valence-corrected chi connectivity index (χ3v) is 5.46. The number of ether oxygens (including phenoxy) is 1. The van der Waals surface area contributed by atoms with Gasteiger partial charge in [0.25, 0.3) is 0 Å². The molecule has 2 rings (SSSR count). The van der Waals surface area contributed by atoms with Crippen molar-refractivity contribution in [2.75, 3.05) is 12.3 Å². The Balaban J connectivity index is 2.25. The van der Waals surface area contributed by atoms with Crippen molar-refractivity contribution in [1.82, 2.24) is 4.90 Å². The number of hydrogen-bond acceptors (Lipinski definition) is 5. The molecule has 144 valence electrons. The average molecular weight is 378 g/mol. The van der Waals surface area contributed by atoms with Crippen LogP contribution in [0.15, 0.2) is 28.4 Å². The number of thioether (sulfide) groups is 1. The van der Waals surface area contributed by atoms with Crippen LogP contribution in [0.4, 0.5) is 11.4 Å². The molecular formula is C20H31N3O2S. The van der Waals surface area contributed by atoms with Crippen LogP contribution in [0.25, 0.3) is 0 Å². The van der Waals surface area contributed by atoms with Crippen molar-refractivity contribution >= 4 is 28.3 Å². The quantitative estimate of drug-likeness (QED) is 0.563. The molecule has 2 atom stereocenters. The molecule has 1 aromatic rings. The van der Waals surface area contributed by atoms with Gasteiger partial charge in [-0.2, -0.15) is 0 Å². The van der Waals surface area contributed by atoms with Crippen molar-refractivity contribution in [3.8, 4) is 0 Å². The molecule has 0 N–H and O–H groups in total. The number of hydrogen-bond donors (Lipinski definition) is 0. The van der Waals surface area contributed by atoms with E-state index in [9.17, 15) is 4.91 Å². The monoisotopic (exact) mass is 377 g/mol. The maximum atomic E-state index is 10.7. The number of aryl methyl sites for hydroxylation is 1. The molecule has 6 heteroatoms. The van der Waals surface area contributed by atoms with Crippen LogP contribution in [0.5, 0.6) is 0 Å². The normalized spacial score (nSPS) is 20.6. The Bertz CT molecular complexity index is 655. The van der Waals surface area contributed by atoms with Gasteiger partial charge < -0.3 is 9.64 Å². The maximum absolute atomic E-state index is 10.7. The molecular weight excluding hydrogens is 346 g/mol. The molecule has 0 amide bonds. The van der Waals surface area contributed by atoms with Crippen LogP contribution in [0.3, 0.4) is 0 Å². The van der Waals surface area contributed by atoms with Crippen LogP contribution >= 0.6 is 11.8 Å². The van der Waals surface area contributed by atoms with Crippen LogP contribution in [0, 0.1) is 11.8 Å². The van der Waals surface area contributed by atoms with E-state index in [0.717, 1.165) is 41.6 Å². The van der Waals surface area contributed by atoms with Gasteiger partial charge in [0.2, 0.25) is 0 Å². The van der Waals surface area contributed by atoms with Crippen molar-refractivity contribution in [3.63, 3.8) is 0 Å². The molecule has 0 unspecified atom stereocenters. The number of benzene rings is 1. The lowest BCUT2D eigenvalue weighted by molar-refractivity contribution is -0.0731. The molecule has 1 fully saturated rings. The number of rotatable bonds is 7. The van der Waals surface area contributed by atoms with E-state index in [4.69, 9.17) is 9.73 Å². The van der Waals surface area contributed by atoms with Crippen molar-refractivity contribution in [2.24, 2.45) is 10.2 Å². The van der Waals surface area contributed by atoms with Gasteiger partial charge in [0.15, 0.2) is 5.17 Å². The van der Waals surface area contributed by atoms with E-state index in [1.54, 1.807) is 23.9 Å². The average Bonchev–Trinajstić information content (AvgIpc) is 2.96. The molecule has 0 aromatic heterocycles. The fourth-order valence-electron chi connectivity index (χ4n) is 3.11. The Hall–Kier alpha value is -1.40. The molecule has 1 heterocycles. The van der Waals surface area contributed by atoms with Gasteiger partial charge in [-0.25, -0.2) is 4.99 Å². The lowest BCUT2D eigenvalue weighted by Gasteiger charge is -2.34. The number of nitrogens with zero attached hydrogens (tertiary/aromatic N) is 3. The zero-order valence-corrected chi connectivity index (χ0v) is 17.6. The lowest BCUT2D eigenvalue weighted by atomic mass is 10.1. The van der Waals surface area contributed by atoms with Crippen LogP contribution in [0.1, 0.15) is 53.0 Å². The molecule has 0 aliphatic carbocycles. The van der Waals surface area contributed by atoms with Gasteiger partial charge in [-0.05, 0) is 70.0 Å². The van der Waals surface area contributed by atoms with Crippen LogP contribution in [0.2, 0.25) is 0 Å². The first-order valence-electron chi connectivity index (χ1n) is 9.35. The highest BCUT2D eigenvalue weighted by atomic mass is 32.2. The Morgan fingerprint density at radius 3 is 2.69 bits per heavy atom. The first-order chi connectivity index (χ1) is 12.2. The summed E-state index contributed by atoms with van der Waals surface area (Å²) in [7, 11) is 0. The first kappa shape index (κ1) is 20.9. The summed E-state index contributed by atoms with van der Waals surface area (Å²) in [6.07, 6.45) is 2.41. The van der Waals surface area contributed by atoms with Gasteiger partial charge in [-0.3, -0.25) is 0 Å². The first-order valence-corrected chi connectivity index (χ1v) is 10.3. The van der Waals surface area contributed by atoms with Gasteiger partial charge in [-0.15, -0.1) is 4.91 Å². The van der Waals surface area contributed by atoms with Gasteiger partial charge in [0.05, 0.1) is 23.4 Å². The minimum atomic E-state index is -0.158. The molecule has 5 nitrogen and oxygen atoms in total. The second kappa shape index (κ2) is 9.00. The Labute approximate surface area is 161 Å². The summed E-state index contributed by atoms with van der Waals surface area (Å²) in [5.74, 6) is 0.979. The summed E-state index contributed by atoms with van der Waals surface area (Å²) >= 11 is 1.79. The van der Waals surface area contributed by atoms with E-state index in [1.807, 2.05) is 13.0 Å². The summed E-state index contributed by atoms with van der Waals surface area (Å²) < 4.78 is 6.23. The highest BCUT2D eigenvalue weighted by Crippen LogP contribution is 2.33. The number of nitroso groups, excluding NO2 is 1. The molecule has 0 spiro atoms. The van der Waals surface area contributed by atoms with Gasteiger partial charge in [0.1, 0.15) is 5.69 Å². The molecule has 26 heavy (non-hydrogen) atoms. The molecule has 1 aromatic carbocycles. The van der Waals surface area contributed by atoms with Gasteiger partial charge >= 0.3 is 0 Å². The topological polar surface area (TPSA) is 54.3 Å². The molecule has 0 bridgehead atoms. The SMILES string of the molecule is CCCCN1C(=Nc2ccc(N=O)cc2C)SC[C@@H]1[C@@H](C)OC(C)(C)C. The summed E-state index contributed by atoms with van der Waals surface area (Å²) in [5, 5.41) is 4.04. The zero-order valence-electron chi connectivity index (χ0n) is 16.8. The van der Waals surface area contributed by atoms with Crippen LogP contribution < -0.4 is 0 Å². The molecule has 0 radical (unpaired) electrons. The summed E-state index contributed by atoms with van der Waals surface area (Å²) in [4.78, 5) is 18.0. The maximum Gasteiger partial charge on any atom is 0.164 e.